The van der Waals surface area contributed by atoms with Gasteiger partial charge in [-0.2, -0.15) is 0 Å². The average Bonchev–Trinajstić information content (AvgIpc) is 3.24. The summed E-state index contributed by atoms with van der Waals surface area (Å²) in [5.41, 5.74) is 2.29. The lowest BCUT2D eigenvalue weighted by molar-refractivity contribution is 0.0757. The quantitative estimate of drug-likeness (QED) is 0.644. The van der Waals surface area contributed by atoms with E-state index in [4.69, 9.17) is 14.5 Å². The van der Waals surface area contributed by atoms with E-state index in [1.165, 1.54) is 0 Å². The summed E-state index contributed by atoms with van der Waals surface area (Å²) >= 11 is 0. The maximum Gasteiger partial charge on any atom is 0.259 e. The maximum absolute atomic E-state index is 13.1. The summed E-state index contributed by atoms with van der Waals surface area (Å²) in [7, 11) is 0. The van der Waals surface area contributed by atoms with Crippen molar-refractivity contribution in [2.45, 2.75) is 51.5 Å². The molecule has 2 aliphatic heterocycles. The first-order chi connectivity index (χ1) is 14.6. The number of fused-ring (bicyclic) bond motifs is 1. The third kappa shape index (κ3) is 3.13. The first-order valence-electron chi connectivity index (χ1n) is 10.8. The van der Waals surface area contributed by atoms with Crippen molar-refractivity contribution < 1.29 is 9.32 Å². The average molecular weight is 406 g/mol. The van der Waals surface area contributed by atoms with E-state index in [2.05, 4.69) is 10.1 Å². The fourth-order valence-corrected chi connectivity index (χ4v) is 5.19. The number of carbonyl (C=O) groups excluding carboxylic acids is 1. The highest BCUT2D eigenvalue weighted by molar-refractivity contribution is 5.96. The van der Waals surface area contributed by atoms with Gasteiger partial charge in [0.2, 0.25) is 5.95 Å². The molecule has 0 unspecified atom stereocenters. The Morgan fingerprint density at radius 3 is 2.67 bits per heavy atom. The fourth-order valence-electron chi connectivity index (χ4n) is 5.19. The molecule has 0 aliphatic carbocycles. The van der Waals surface area contributed by atoms with E-state index in [1.807, 2.05) is 49.2 Å². The third-order valence-corrected chi connectivity index (χ3v) is 6.77. The summed E-state index contributed by atoms with van der Waals surface area (Å²) in [4.78, 5) is 27.1. The zero-order chi connectivity index (χ0) is 20.7. The van der Waals surface area contributed by atoms with Crippen LogP contribution in [-0.4, -0.2) is 51.1 Å². The van der Waals surface area contributed by atoms with Crippen molar-refractivity contribution in [3.05, 3.63) is 47.5 Å². The van der Waals surface area contributed by atoms with E-state index >= 15 is 0 Å². The number of aromatic nitrogens is 3. The van der Waals surface area contributed by atoms with Gasteiger partial charge in [0.15, 0.2) is 0 Å². The molecule has 0 saturated carbocycles. The summed E-state index contributed by atoms with van der Waals surface area (Å²) in [5.74, 6) is 1.45. The topological polar surface area (TPSA) is 75.4 Å². The largest absolute Gasteiger partial charge is 0.361 e. The summed E-state index contributed by atoms with van der Waals surface area (Å²) in [6.45, 7) is 6.10. The molecule has 7 nitrogen and oxygen atoms in total. The van der Waals surface area contributed by atoms with Crippen LogP contribution in [0.4, 0.5) is 5.95 Å². The number of likely N-dealkylation sites (tertiary alicyclic amines) is 1. The Morgan fingerprint density at radius 1 is 1.07 bits per heavy atom. The molecule has 5 rings (SSSR count). The van der Waals surface area contributed by atoms with Crippen LogP contribution in [0.3, 0.4) is 0 Å². The van der Waals surface area contributed by atoms with Crippen LogP contribution in [-0.2, 0) is 0 Å². The van der Waals surface area contributed by atoms with Crippen molar-refractivity contribution in [1.29, 1.82) is 0 Å². The van der Waals surface area contributed by atoms with Crippen LogP contribution in [0.25, 0.3) is 10.9 Å². The Morgan fingerprint density at radius 2 is 1.87 bits per heavy atom. The minimum Gasteiger partial charge on any atom is -0.361 e. The van der Waals surface area contributed by atoms with Gasteiger partial charge in [0, 0.05) is 36.8 Å². The summed E-state index contributed by atoms with van der Waals surface area (Å²) < 4.78 is 5.22. The zero-order valence-electron chi connectivity index (χ0n) is 17.6. The van der Waals surface area contributed by atoms with Gasteiger partial charge >= 0.3 is 0 Å². The Balaban J connectivity index is 1.39. The molecule has 30 heavy (non-hydrogen) atoms. The molecule has 0 bridgehead atoms. The van der Waals surface area contributed by atoms with Gasteiger partial charge in [0.25, 0.3) is 5.91 Å². The van der Waals surface area contributed by atoms with Crippen LogP contribution in [0.15, 0.2) is 35.0 Å². The predicted octanol–water partition coefficient (Wildman–Crippen LogP) is 3.90. The van der Waals surface area contributed by atoms with Crippen LogP contribution >= 0.6 is 0 Å². The molecule has 1 amide bonds. The first-order valence-corrected chi connectivity index (χ1v) is 10.8. The smallest absolute Gasteiger partial charge is 0.259 e. The van der Waals surface area contributed by atoms with Crippen molar-refractivity contribution in [2.75, 3.05) is 24.5 Å². The third-order valence-electron chi connectivity index (χ3n) is 6.77. The number of rotatable bonds is 2. The van der Waals surface area contributed by atoms with Crippen molar-refractivity contribution in [3.8, 4) is 0 Å². The van der Waals surface area contributed by atoms with Crippen molar-refractivity contribution >= 4 is 22.8 Å². The van der Waals surface area contributed by atoms with E-state index in [-0.39, 0.29) is 11.4 Å². The first kappa shape index (κ1) is 19.0. The van der Waals surface area contributed by atoms with E-state index in [0.29, 0.717) is 17.0 Å². The molecule has 2 saturated heterocycles. The van der Waals surface area contributed by atoms with E-state index in [0.717, 1.165) is 68.6 Å². The second kappa shape index (κ2) is 7.38. The van der Waals surface area contributed by atoms with E-state index < -0.39 is 0 Å². The number of hydrogen-bond acceptors (Lipinski definition) is 6. The van der Waals surface area contributed by atoms with Crippen molar-refractivity contribution in [1.82, 2.24) is 20.0 Å². The molecular formula is C23H27N5O2. The van der Waals surface area contributed by atoms with Gasteiger partial charge in [0.05, 0.1) is 11.2 Å². The second-order valence-corrected chi connectivity index (χ2v) is 8.55. The number of nitrogens with zero attached hydrogens (tertiary/aromatic N) is 5. The number of benzene rings is 1. The number of hydrogen-bond donors (Lipinski definition) is 0. The van der Waals surface area contributed by atoms with Crippen LogP contribution in [0.2, 0.25) is 0 Å². The molecule has 1 spiro atoms. The molecule has 4 heterocycles. The summed E-state index contributed by atoms with van der Waals surface area (Å²) in [6, 6.07) is 8.12. The monoisotopic (exact) mass is 405 g/mol. The molecule has 3 aromatic rings. The minimum atomic E-state index is 0.0240. The lowest BCUT2D eigenvalue weighted by atomic mass is 9.88. The molecular weight excluding hydrogens is 378 g/mol. The highest BCUT2D eigenvalue weighted by Crippen LogP contribution is 2.40. The Hall–Kier alpha value is -2.96. The van der Waals surface area contributed by atoms with Gasteiger partial charge in [-0.3, -0.25) is 4.79 Å². The molecule has 0 N–H and O–H groups in total. The number of aryl methyl sites for hydroxylation is 2. The highest BCUT2D eigenvalue weighted by Gasteiger charge is 2.43. The Kier molecular flexibility index (Phi) is 4.68. The molecule has 0 radical (unpaired) electrons. The Bertz CT molecular complexity index is 1070. The number of anilines is 1. The van der Waals surface area contributed by atoms with Gasteiger partial charge in [-0.05, 0) is 52.0 Å². The van der Waals surface area contributed by atoms with Gasteiger partial charge in [-0.25, -0.2) is 9.97 Å². The van der Waals surface area contributed by atoms with Crippen LogP contribution in [0.5, 0.6) is 0 Å². The van der Waals surface area contributed by atoms with Crippen molar-refractivity contribution in [2.24, 2.45) is 0 Å². The SMILES string of the molecule is Cc1noc(C)c1C(=O)N1CCC[C@]2(CCCN2c2ncc3ccccc3n2)CC1. The van der Waals surface area contributed by atoms with Gasteiger partial charge in [-0.1, -0.05) is 23.4 Å². The Labute approximate surface area is 176 Å². The molecule has 7 heteroatoms. The van der Waals surface area contributed by atoms with Crippen LogP contribution in [0, 0.1) is 13.8 Å². The lowest BCUT2D eigenvalue weighted by Gasteiger charge is -2.38. The summed E-state index contributed by atoms with van der Waals surface area (Å²) in [5, 5.41) is 5.02. The van der Waals surface area contributed by atoms with E-state index in [1.54, 1.807) is 0 Å². The minimum absolute atomic E-state index is 0.0240. The molecule has 1 atom stereocenters. The van der Waals surface area contributed by atoms with Crippen molar-refractivity contribution in [3.63, 3.8) is 0 Å². The normalized spacial score (nSPS) is 22.1. The second-order valence-electron chi connectivity index (χ2n) is 8.55. The lowest BCUT2D eigenvalue weighted by Crippen LogP contribution is -2.46. The van der Waals surface area contributed by atoms with Gasteiger partial charge < -0.3 is 14.3 Å². The maximum atomic E-state index is 13.1. The van der Waals surface area contributed by atoms with Gasteiger partial charge in [0.1, 0.15) is 11.3 Å². The van der Waals surface area contributed by atoms with Crippen LogP contribution in [0.1, 0.15) is 53.9 Å². The van der Waals surface area contributed by atoms with Crippen LogP contribution < -0.4 is 4.90 Å². The zero-order valence-corrected chi connectivity index (χ0v) is 17.6. The van der Waals surface area contributed by atoms with E-state index in [9.17, 15) is 4.79 Å². The molecule has 2 aromatic heterocycles. The summed E-state index contributed by atoms with van der Waals surface area (Å²) in [6.07, 6.45) is 7.13. The fraction of sp³-hybridized carbons (Fsp3) is 0.478. The number of amides is 1. The molecule has 2 fully saturated rings. The van der Waals surface area contributed by atoms with Gasteiger partial charge in [-0.15, -0.1) is 0 Å². The standard InChI is InChI=1S/C23H27N5O2/c1-16-20(17(2)30-26-16)21(29)27-12-5-9-23(11-14-27)10-6-13-28(23)22-24-15-18-7-3-4-8-19(18)25-22/h3-4,7-8,15H,5-6,9-14H2,1-2H3/t23-/m0/s1. The molecule has 1 aromatic carbocycles. The molecule has 2 aliphatic rings. The number of para-hydroxylation sites is 1. The highest BCUT2D eigenvalue weighted by atomic mass is 16.5. The predicted molar refractivity (Wildman–Crippen MR) is 115 cm³/mol. The number of carbonyl (C=O) groups is 1. The molecule has 156 valence electrons.